The highest BCUT2D eigenvalue weighted by Gasteiger charge is 2.37. The molecule has 1 aromatic rings. The SMILES string of the molecule is CSC[C@H](NC(=O)CNC(=O)[C@H](CC(C)C)NC(=O)[C@@H]1CCCN1C(=O)COCCNC(=O)[C@H](Cc1ccc(C(C)=O)cc1)NC(=O)[C@H](CCC(=O)O)NC(=O)[C@H](CCC(=O)O)NC(=O)[C@H](CCC(=O)O)NC(=O)CCCC(=O)O)C(=O)N[C@@H](C)C(=O)NCC=O. The van der Waals surface area contributed by atoms with Crippen molar-refractivity contribution in [2.75, 3.05) is 51.4 Å². The summed E-state index contributed by atoms with van der Waals surface area (Å²) in [6, 6.07) is -5.17. The van der Waals surface area contributed by atoms with Crippen molar-refractivity contribution < 1.29 is 107 Å². The molecule has 0 unspecified atom stereocenters. The average molecular weight is 1310 g/mol. The molecule has 0 spiro atoms. The van der Waals surface area contributed by atoms with Gasteiger partial charge in [-0.3, -0.25) is 76.7 Å². The van der Waals surface area contributed by atoms with Gasteiger partial charge < -0.3 is 88.0 Å². The second kappa shape index (κ2) is 41.3. The van der Waals surface area contributed by atoms with Crippen LogP contribution in [0.15, 0.2) is 24.3 Å². The van der Waals surface area contributed by atoms with Crippen LogP contribution in [0.2, 0.25) is 0 Å². The molecular weight excluding hydrogens is 1220 g/mol. The third-order valence-corrected chi connectivity index (χ3v) is 14.3. The molecule has 0 aromatic heterocycles. The van der Waals surface area contributed by atoms with Crippen molar-refractivity contribution >= 4 is 113 Å². The second-order valence-electron chi connectivity index (χ2n) is 21.5. The second-order valence-corrected chi connectivity index (χ2v) is 22.4. The first-order valence-electron chi connectivity index (χ1n) is 29.2. The Labute approximate surface area is 527 Å². The van der Waals surface area contributed by atoms with Crippen LogP contribution in [0, 0.1) is 5.92 Å². The molecule has 0 saturated carbocycles. The van der Waals surface area contributed by atoms with E-state index in [-0.39, 0.29) is 75.8 Å². The van der Waals surface area contributed by atoms with E-state index in [4.69, 9.17) is 9.84 Å². The van der Waals surface area contributed by atoms with Gasteiger partial charge in [-0.05, 0) is 76.5 Å². The third kappa shape index (κ3) is 30.8. The van der Waals surface area contributed by atoms with Crippen LogP contribution in [0.3, 0.4) is 0 Å². The number of nitrogens with zero attached hydrogens (tertiary/aromatic N) is 1. The minimum Gasteiger partial charge on any atom is -0.481 e. The number of carboxylic acids is 4. The first-order chi connectivity index (χ1) is 43.0. The average Bonchev–Trinajstić information content (AvgIpc) is 2.25. The molecule has 1 aromatic carbocycles. The Morgan fingerprint density at radius 3 is 1.63 bits per heavy atom. The van der Waals surface area contributed by atoms with Gasteiger partial charge >= 0.3 is 23.9 Å². The maximum atomic E-state index is 14.1. The molecule has 91 heavy (non-hydrogen) atoms. The fourth-order valence-electron chi connectivity index (χ4n) is 8.90. The van der Waals surface area contributed by atoms with Gasteiger partial charge in [0.25, 0.3) is 0 Å². The molecule has 14 N–H and O–H groups in total. The number of thioether (sulfide) groups is 1. The number of nitrogens with one attached hydrogen (secondary N) is 10. The number of aliphatic carboxylic acids is 4. The monoisotopic (exact) mass is 1310 g/mol. The van der Waals surface area contributed by atoms with Gasteiger partial charge in [-0.2, -0.15) is 11.8 Å². The summed E-state index contributed by atoms with van der Waals surface area (Å²) in [5.41, 5.74) is 0.709. The van der Waals surface area contributed by atoms with Crippen LogP contribution in [0.1, 0.15) is 121 Å². The normalized spacial score (nSPS) is 14.8. The van der Waals surface area contributed by atoms with Crippen LogP contribution in [-0.2, 0) is 87.9 Å². The molecule has 0 radical (unpaired) electrons. The van der Waals surface area contributed by atoms with Gasteiger partial charge in [0.15, 0.2) is 5.78 Å². The van der Waals surface area contributed by atoms with E-state index in [1.807, 2.05) is 0 Å². The van der Waals surface area contributed by atoms with Gasteiger partial charge in [-0.1, -0.05) is 38.1 Å². The number of rotatable bonds is 44. The number of hydrogen-bond acceptors (Lipinski definition) is 19. The molecule has 1 aliphatic heterocycles. The van der Waals surface area contributed by atoms with Crippen LogP contribution in [0.25, 0.3) is 0 Å². The molecule has 1 heterocycles. The summed E-state index contributed by atoms with van der Waals surface area (Å²) < 4.78 is 5.58. The fraction of sp³-hybridized carbons (Fsp3) is 0.596. The number of ether oxygens (including phenoxy) is 1. The number of aldehydes is 1. The summed E-state index contributed by atoms with van der Waals surface area (Å²) in [4.78, 5) is 217. The number of benzene rings is 1. The lowest BCUT2D eigenvalue weighted by Gasteiger charge is -2.27. The zero-order chi connectivity index (χ0) is 68.3. The van der Waals surface area contributed by atoms with Crippen molar-refractivity contribution in [3.05, 3.63) is 35.4 Å². The Bertz CT molecular complexity index is 2770. The maximum absolute atomic E-state index is 14.1. The number of carbonyl (C=O) groups excluding carboxylic acids is 13. The molecule has 1 aliphatic rings. The highest BCUT2D eigenvalue weighted by molar-refractivity contribution is 7.98. The lowest BCUT2D eigenvalue weighted by atomic mass is 10.0. The van der Waals surface area contributed by atoms with Crippen LogP contribution in [0.5, 0.6) is 0 Å². The lowest BCUT2D eigenvalue weighted by Crippen LogP contribution is -2.58. The van der Waals surface area contributed by atoms with Crippen molar-refractivity contribution in [3.63, 3.8) is 0 Å². The quantitative estimate of drug-likeness (QED) is 0.0173. The predicted octanol–water partition coefficient (Wildman–Crippen LogP) is -3.34. The molecular formula is C57H83N11O22S. The Kier molecular flexibility index (Phi) is 35.4. The first-order valence-corrected chi connectivity index (χ1v) is 30.6. The first kappa shape index (κ1) is 78.0. The minimum absolute atomic E-state index is 0.101. The molecule has 1 saturated heterocycles. The lowest BCUT2D eigenvalue weighted by molar-refractivity contribution is -0.142. The number of likely N-dealkylation sites (tertiary alicyclic amines) is 1. The highest BCUT2D eigenvalue weighted by Crippen LogP contribution is 2.19. The van der Waals surface area contributed by atoms with Gasteiger partial charge in [0.2, 0.25) is 65.0 Å². The van der Waals surface area contributed by atoms with Gasteiger partial charge in [0.05, 0.1) is 19.7 Å². The molecule has 0 bridgehead atoms. The number of carboxylic acid groups (broad SMARTS) is 4. The van der Waals surface area contributed by atoms with Gasteiger partial charge in [0.1, 0.15) is 61.2 Å². The molecule has 504 valence electrons. The van der Waals surface area contributed by atoms with E-state index in [0.29, 0.717) is 23.8 Å². The number of amides is 11. The summed E-state index contributed by atoms with van der Waals surface area (Å²) in [5.74, 6) is -15.1. The molecule has 8 atom stereocenters. The summed E-state index contributed by atoms with van der Waals surface area (Å²) in [7, 11) is 0. The number of ketones is 1. The summed E-state index contributed by atoms with van der Waals surface area (Å²) in [6.45, 7) is 4.38. The zero-order valence-electron chi connectivity index (χ0n) is 51.2. The Balaban J connectivity index is 2.22. The van der Waals surface area contributed by atoms with Crippen molar-refractivity contribution in [2.45, 2.75) is 160 Å². The largest absolute Gasteiger partial charge is 0.481 e. The van der Waals surface area contributed by atoms with Crippen LogP contribution >= 0.6 is 11.8 Å². The molecule has 1 fully saturated rings. The Morgan fingerprint density at radius 1 is 0.593 bits per heavy atom. The van der Waals surface area contributed by atoms with Crippen molar-refractivity contribution in [2.24, 2.45) is 5.92 Å². The van der Waals surface area contributed by atoms with E-state index in [9.17, 15) is 96.8 Å². The molecule has 11 amide bonds. The summed E-state index contributed by atoms with van der Waals surface area (Å²) in [6.07, 6.45) is -2.32. The van der Waals surface area contributed by atoms with Crippen LogP contribution in [-0.4, -0.2) is 226 Å². The summed E-state index contributed by atoms with van der Waals surface area (Å²) in [5, 5.41) is 61.5. The van der Waals surface area contributed by atoms with E-state index in [1.54, 1.807) is 20.1 Å². The molecule has 0 aliphatic carbocycles. The highest BCUT2D eigenvalue weighted by atomic mass is 32.2. The van der Waals surface area contributed by atoms with Crippen molar-refractivity contribution in [3.8, 4) is 0 Å². The Morgan fingerprint density at radius 2 is 1.11 bits per heavy atom. The van der Waals surface area contributed by atoms with Crippen molar-refractivity contribution in [1.82, 2.24) is 58.1 Å². The third-order valence-electron chi connectivity index (χ3n) is 13.6. The van der Waals surface area contributed by atoms with Gasteiger partial charge in [-0.15, -0.1) is 0 Å². The standard InChI is InChI=1S/C57H83N11O22S/c1-31(2)26-39(52(84)60-28-44(72)63-41(30-91-5)56(88)61-32(3)50(82)58-21-24-69)67-57(89)42-8-7-23-68(42)45(73)29-90-25-22-59-51(83)40(27-34-11-13-35(14-12-34)33(4)70)66-55(87)38(17-20-49(80)81)65-54(86)37(16-19-48(78)79)64-53(85)36(15-18-47(76)77)62-43(71)9-6-10-46(74)75/h11-14,24,31-32,36-42H,6-10,15-23,25-30H2,1-5H3,(H,58,82)(H,59,83)(H,60,84)(H,61,88)(H,62,71)(H,63,72)(H,64,85)(H,65,86)(H,66,87)(H,67,89)(H,74,75)(H,76,77)(H,78,79)(H,80,81)/t32-,36-,37-,38-,39-,40-,41-,42-/m0/s1. The van der Waals surface area contributed by atoms with E-state index in [1.165, 1.54) is 54.8 Å². The van der Waals surface area contributed by atoms with E-state index >= 15 is 0 Å². The number of Topliss-reactive ketones (excluding diaryl/α,β-unsaturated/α-hetero) is 1. The number of carbonyl (C=O) groups is 17. The van der Waals surface area contributed by atoms with E-state index < -0.39 is 195 Å². The number of hydrogen-bond donors (Lipinski definition) is 14. The van der Waals surface area contributed by atoms with E-state index in [0.717, 1.165) is 0 Å². The topological polar surface area (TPSA) is 504 Å². The fourth-order valence-corrected chi connectivity index (χ4v) is 9.46. The maximum Gasteiger partial charge on any atom is 0.303 e. The smallest absolute Gasteiger partial charge is 0.303 e. The molecule has 34 heteroatoms. The minimum atomic E-state index is -1.81. The zero-order valence-corrected chi connectivity index (χ0v) is 52.0. The van der Waals surface area contributed by atoms with Crippen molar-refractivity contribution in [1.29, 1.82) is 0 Å². The predicted molar refractivity (Wildman–Crippen MR) is 320 cm³/mol. The van der Waals surface area contributed by atoms with Gasteiger partial charge in [0, 0.05) is 62.9 Å². The molecule has 2 rings (SSSR count). The van der Waals surface area contributed by atoms with E-state index in [2.05, 4.69) is 53.2 Å². The summed E-state index contributed by atoms with van der Waals surface area (Å²) >= 11 is 1.22. The van der Waals surface area contributed by atoms with Gasteiger partial charge in [-0.25, -0.2) is 0 Å². The van der Waals surface area contributed by atoms with Crippen LogP contribution < -0.4 is 53.2 Å². The Hall–Kier alpha value is -9.08. The van der Waals surface area contributed by atoms with Crippen LogP contribution in [0.4, 0.5) is 0 Å². The molecule has 33 nitrogen and oxygen atoms in total.